The van der Waals surface area contributed by atoms with Gasteiger partial charge in [-0.3, -0.25) is 14.5 Å². The number of amides is 2. The summed E-state index contributed by atoms with van der Waals surface area (Å²) in [5.41, 5.74) is 0.939. The first-order valence-electron chi connectivity index (χ1n) is 10.3. The molecule has 0 aliphatic carbocycles. The van der Waals surface area contributed by atoms with Gasteiger partial charge in [0, 0.05) is 5.56 Å². The zero-order valence-corrected chi connectivity index (χ0v) is 17.7. The van der Waals surface area contributed by atoms with Crippen LogP contribution in [-0.2, 0) is 14.2 Å². The fraction of sp³-hybridized carbons (Fsp3) is 0.391. The highest BCUT2D eigenvalue weighted by molar-refractivity contribution is 7.99. The second-order valence-corrected chi connectivity index (χ2v) is 9.06. The zero-order valence-electron chi connectivity index (χ0n) is 16.9. The Morgan fingerprint density at radius 3 is 2.29 bits per heavy atom. The SMILES string of the molecule is CCSC1OC2COC(c3ccccc3)OC2C(O)C1N1C(=O)c2ccccc2C1=O. The molecule has 0 saturated carbocycles. The summed E-state index contributed by atoms with van der Waals surface area (Å²) in [6.45, 7) is 2.21. The molecule has 8 heteroatoms. The molecule has 6 atom stereocenters. The Balaban J connectivity index is 1.45. The summed E-state index contributed by atoms with van der Waals surface area (Å²) in [6, 6.07) is 15.3. The van der Waals surface area contributed by atoms with Gasteiger partial charge in [0.05, 0.1) is 17.7 Å². The highest BCUT2D eigenvalue weighted by atomic mass is 32.2. The second kappa shape index (κ2) is 8.37. The van der Waals surface area contributed by atoms with E-state index in [0.29, 0.717) is 16.9 Å². The van der Waals surface area contributed by atoms with Crippen LogP contribution >= 0.6 is 11.8 Å². The van der Waals surface area contributed by atoms with Crippen LogP contribution in [0.2, 0.25) is 0 Å². The summed E-state index contributed by atoms with van der Waals surface area (Å²) in [5.74, 6) is -0.136. The molecule has 2 fully saturated rings. The number of aliphatic hydroxyl groups excluding tert-OH is 1. The molecule has 0 radical (unpaired) electrons. The van der Waals surface area contributed by atoms with Crippen LogP contribution < -0.4 is 0 Å². The summed E-state index contributed by atoms with van der Waals surface area (Å²) >= 11 is 1.45. The van der Waals surface area contributed by atoms with Gasteiger partial charge in [-0.15, -0.1) is 11.8 Å². The van der Waals surface area contributed by atoms with Crippen LogP contribution in [0.25, 0.3) is 0 Å². The van der Waals surface area contributed by atoms with Gasteiger partial charge in [0.25, 0.3) is 11.8 Å². The number of thioether (sulfide) groups is 1. The minimum Gasteiger partial charge on any atom is -0.388 e. The van der Waals surface area contributed by atoms with E-state index in [2.05, 4.69) is 0 Å². The van der Waals surface area contributed by atoms with Crippen molar-refractivity contribution in [2.75, 3.05) is 12.4 Å². The van der Waals surface area contributed by atoms with Crippen LogP contribution in [-0.4, -0.2) is 64.0 Å². The molecular weight excluding hydrogens is 418 g/mol. The maximum absolute atomic E-state index is 13.1. The smallest absolute Gasteiger partial charge is 0.262 e. The monoisotopic (exact) mass is 441 g/mol. The van der Waals surface area contributed by atoms with E-state index in [-0.39, 0.29) is 6.61 Å². The van der Waals surface area contributed by atoms with E-state index < -0.39 is 47.9 Å². The number of nitrogens with zero attached hydrogens (tertiary/aromatic N) is 1. The highest BCUT2D eigenvalue weighted by Gasteiger charge is 2.55. The molecule has 2 aromatic carbocycles. The molecule has 0 spiro atoms. The molecule has 162 valence electrons. The van der Waals surface area contributed by atoms with Crippen molar-refractivity contribution in [3.63, 3.8) is 0 Å². The second-order valence-electron chi connectivity index (χ2n) is 7.68. The minimum absolute atomic E-state index is 0.247. The van der Waals surface area contributed by atoms with Crippen molar-refractivity contribution in [3.05, 3.63) is 71.3 Å². The summed E-state index contributed by atoms with van der Waals surface area (Å²) < 4.78 is 18.2. The number of carbonyl (C=O) groups is 2. The lowest BCUT2D eigenvalue weighted by Gasteiger charge is -2.49. The molecular formula is C23H23NO6S. The molecule has 3 heterocycles. The molecule has 31 heavy (non-hydrogen) atoms. The normalized spacial score (nSPS) is 32.6. The minimum atomic E-state index is -1.11. The van der Waals surface area contributed by atoms with Crippen molar-refractivity contribution >= 4 is 23.6 Å². The Kier molecular flexibility index (Phi) is 5.58. The molecule has 2 saturated heterocycles. The predicted molar refractivity (Wildman–Crippen MR) is 114 cm³/mol. The quantitative estimate of drug-likeness (QED) is 0.730. The molecule has 3 aliphatic rings. The standard InChI is InChI=1S/C23H23NO6S/c1-2-31-23-17(24-20(26)14-10-6-7-11-15(14)21(24)27)18(25)19-16(29-23)12-28-22(30-19)13-8-4-3-5-9-13/h3-11,16-19,22-23,25H,2,12H2,1H3. The lowest BCUT2D eigenvalue weighted by atomic mass is 9.95. The van der Waals surface area contributed by atoms with E-state index >= 15 is 0 Å². The van der Waals surface area contributed by atoms with E-state index in [9.17, 15) is 14.7 Å². The topological polar surface area (TPSA) is 85.3 Å². The van der Waals surface area contributed by atoms with Crippen molar-refractivity contribution in [1.82, 2.24) is 4.90 Å². The third-order valence-electron chi connectivity index (χ3n) is 5.86. The van der Waals surface area contributed by atoms with Gasteiger partial charge in [0.1, 0.15) is 29.8 Å². The lowest BCUT2D eigenvalue weighted by molar-refractivity contribution is -0.310. The summed E-state index contributed by atoms with van der Waals surface area (Å²) in [5, 5.41) is 11.4. The number of benzene rings is 2. The molecule has 3 aliphatic heterocycles. The number of aliphatic hydroxyl groups is 1. The summed E-state index contributed by atoms with van der Waals surface area (Å²) in [7, 11) is 0. The van der Waals surface area contributed by atoms with Crippen molar-refractivity contribution in [1.29, 1.82) is 0 Å². The first kappa shape index (κ1) is 20.7. The average Bonchev–Trinajstić information content (AvgIpc) is 3.05. The van der Waals surface area contributed by atoms with Crippen molar-refractivity contribution < 1.29 is 28.9 Å². The van der Waals surface area contributed by atoms with Crippen LogP contribution in [0.5, 0.6) is 0 Å². The molecule has 5 rings (SSSR count). The van der Waals surface area contributed by atoms with Gasteiger partial charge in [0.15, 0.2) is 6.29 Å². The van der Waals surface area contributed by atoms with Crippen LogP contribution in [0.15, 0.2) is 54.6 Å². The van der Waals surface area contributed by atoms with Gasteiger partial charge >= 0.3 is 0 Å². The molecule has 0 aromatic heterocycles. The lowest BCUT2D eigenvalue weighted by Crippen LogP contribution is -2.66. The average molecular weight is 442 g/mol. The van der Waals surface area contributed by atoms with Crippen molar-refractivity contribution in [3.8, 4) is 0 Å². The van der Waals surface area contributed by atoms with Crippen LogP contribution in [0.4, 0.5) is 0 Å². The number of rotatable bonds is 4. The summed E-state index contributed by atoms with van der Waals surface area (Å²) in [4.78, 5) is 27.4. The van der Waals surface area contributed by atoms with Gasteiger partial charge < -0.3 is 19.3 Å². The van der Waals surface area contributed by atoms with Gasteiger partial charge in [0.2, 0.25) is 0 Å². The number of carbonyl (C=O) groups excluding carboxylic acids is 2. The molecule has 1 N–H and O–H groups in total. The summed E-state index contributed by atoms with van der Waals surface area (Å²) in [6.07, 6.45) is -2.99. The van der Waals surface area contributed by atoms with Gasteiger partial charge in [-0.25, -0.2) is 0 Å². The van der Waals surface area contributed by atoms with Crippen LogP contribution in [0.3, 0.4) is 0 Å². The molecule has 0 bridgehead atoms. The number of fused-ring (bicyclic) bond motifs is 2. The van der Waals surface area contributed by atoms with Gasteiger partial charge in [-0.2, -0.15) is 0 Å². The molecule has 7 nitrogen and oxygen atoms in total. The van der Waals surface area contributed by atoms with Crippen LogP contribution in [0, 0.1) is 0 Å². The Bertz CT molecular complexity index is 950. The van der Waals surface area contributed by atoms with E-state index in [4.69, 9.17) is 14.2 Å². The number of ether oxygens (including phenoxy) is 3. The zero-order chi connectivity index (χ0) is 21.5. The molecule has 2 amide bonds. The van der Waals surface area contributed by atoms with Gasteiger partial charge in [-0.05, 0) is 17.9 Å². The molecule has 2 aromatic rings. The maximum Gasteiger partial charge on any atom is 0.262 e. The Labute approximate surface area is 184 Å². The van der Waals surface area contributed by atoms with Crippen LogP contribution in [0.1, 0.15) is 39.5 Å². The van der Waals surface area contributed by atoms with E-state index in [1.807, 2.05) is 37.3 Å². The number of hydrogen-bond donors (Lipinski definition) is 1. The first-order valence-corrected chi connectivity index (χ1v) is 11.4. The fourth-order valence-corrected chi connectivity index (χ4v) is 5.44. The third kappa shape index (κ3) is 3.48. The van der Waals surface area contributed by atoms with E-state index in [1.165, 1.54) is 11.8 Å². The van der Waals surface area contributed by atoms with Gasteiger partial charge in [-0.1, -0.05) is 49.4 Å². The maximum atomic E-state index is 13.1. The third-order valence-corrected chi connectivity index (χ3v) is 6.91. The first-order chi connectivity index (χ1) is 15.1. The van der Waals surface area contributed by atoms with Crippen molar-refractivity contribution in [2.45, 2.75) is 43.0 Å². The Morgan fingerprint density at radius 2 is 1.65 bits per heavy atom. The largest absolute Gasteiger partial charge is 0.388 e. The fourth-order valence-electron chi connectivity index (χ4n) is 4.41. The van der Waals surface area contributed by atoms with E-state index in [1.54, 1.807) is 24.3 Å². The van der Waals surface area contributed by atoms with Crippen molar-refractivity contribution in [2.24, 2.45) is 0 Å². The number of hydrogen-bond acceptors (Lipinski definition) is 7. The number of imide groups is 1. The molecule has 6 unspecified atom stereocenters. The highest BCUT2D eigenvalue weighted by Crippen LogP contribution is 2.40. The Morgan fingerprint density at radius 1 is 1.00 bits per heavy atom. The Hall–Kier alpha value is -2.23. The predicted octanol–water partition coefficient (Wildman–Crippen LogP) is 2.60. The van der Waals surface area contributed by atoms with E-state index in [0.717, 1.165) is 10.5 Å².